The lowest BCUT2D eigenvalue weighted by Gasteiger charge is -2.47. The van der Waals surface area contributed by atoms with Crippen LogP contribution < -0.4 is 0 Å². The van der Waals surface area contributed by atoms with Crippen LogP contribution in [-0.4, -0.2) is 78.3 Å². The largest absolute Gasteiger partial charge is 0.481 e. The van der Waals surface area contributed by atoms with Crippen LogP contribution in [0.5, 0.6) is 0 Å². The molecule has 0 saturated heterocycles. The highest BCUT2D eigenvalue weighted by Gasteiger charge is 2.54. The number of hydrogen-bond acceptors (Lipinski definition) is 7. The molecule has 29 heavy (non-hydrogen) atoms. The van der Waals surface area contributed by atoms with Gasteiger partial charge in [-0.2, -0.15) is 0 Å². The van der Waals surface area contributed by atoms with Gasteiger partial charge in [0.2, 0.25) is 0 Å². The van der Waals surface area contributed by atoms with Gasteiger partial charge >= 0.3 is 5.97 Å². The van der Waals surface area contributed by atoms with Crippen molar-refractivity contribution in [3.05, 3.63) is 0 Å². The van der Waals surface area contributed by atoms with Crippen molar-refractivity contribution in [2.75, 3.05) is 19.8 Å². The van der Waals surface area contributed by atoms with Crippen molar-refractivity contribution in [3.63, 3.8) is 0 Å². The summed E-state index contributed by atoms with van der Waals surface area (Å²) >= 11 is 0. The highest BCUT2D eigenvalue weighted by molar-refractivity contribution is 5.75. The van der Waals surface area contributed by atoms with E-state index in [1.807, 2.05) is 6.92 Å². The third kappa shape index (κ3) is 7.15. The predicted molar refractivity (Wildman–Crippen MR) is 109 cm³/mol. The summed E-state index contributed by atoms with van der Waals surface area (Å²) in [4.78, 5) is 12.7. The minimum absolute atomic E-state index is 0.0451. The van der Waals surface area contributed by atoms with Gasteiger partial charge < -0.3 is 35.7 Å². The fourth-order valence-electron chi connectivity index (χ4n) is 4.14. The monoisotopic (exact) mass is 422 g/mol. The van der Waals surface area contributed by atoms with Crippen molar-refractivity contribution in [3.8, 4) is 0 Å². The van der Waals surface area contributed by atoms with Gasteiger partial charge in [0.05, 0.1) is 42.0 Å². The summed E-state index contributed by atoms with van der Waals surface area (Å²) in [7, 11) is 0. The number of aliphatic hydroxyl groups is 6. The highest BCUT2D eigenvalue weighted by atomic mass is 16.4. The van der Waals surface area contributed by atoms with E-state index in [4.69, 9.17) is 0 Å². The van der Waals surface area contributed by atoms with Gasteiger partial charge in [0.1, 0.15) is 0 Å². The van der Waals surface area contributed by atoms with E-state index in [0.29, 0.717) is 12.8 Å². The summed E-state index contributed by atoms with van der Waals surface area (Å²) in [5.41, 5.74) is -6.63. The van der Waals surface area contributed by atoms with Crippen LogP contribution in [0.2, 0.25) is 0 Å². The number of hydrogen-bond donors (Lipinski definition) is 7. The summed E-state index contributed by atoms with van der Waals surface area (Å²) < 4.78 is 0. The van der Waals surface area contributed by atoms with Crippen molar-refractivity contribution in [1.29, 1.82) is 0 Å². The summed E-state index contributed by atoms with van der Waals surface area (Å²) in [5.74, 6) is -1.98. The zero-order valence-corrected chi connectivity index (χ0v) is 18.4. The second kappa shape index (κ2) is 11.6. The average Bonchev–Trinajstić information content (AvgIpc) is 2.72. The van der Waals surface area contributed by atoms with Gasteiger partial charge in [0, 0.05) is 0 Å². The van der Waals surface area contributed by atoms with Gasteiger partial charge in [-0.1, -0.05) is 34.1 Å². The van der Waals surface area contributed by atoms with Gasteiger partial charge in [-0.15, -0.1) is 0 Å². The van der Waals surface area contributed by atoms with Crippen LogP contribution >= 0.6 is 0 Å². The molecule has 0 aromatic rings. The molecule has 0 saturated carbocycles. The molecule has 0 amide bonds. The lowest BCUT2D eigenvalue weighted by Crippen LogP contribution is -2.54. The standard InChI is InChI=1S/C21H42O8/c1-5-9-16(10-18(27,6-2)13-22)21(17(25)26,11-19(28,7-3)14-23)12-20(29,8-4)15-24/h16,22-24,27-29H,5-15H2,1-4H3,(H,25,26). The van der Waals surface area contributed by atoms with Crippen molar-refractivity contribution in [2.45, 2.75) is 95.9 Å². The van der Waals surface area contributed by atoms with Crippen LogP contribution in [0.15, 0.2) is 0 Å². The lowest BCUT2D eigenvalue weighted by molar-refractivity contribution is -0.176. The Kier molecular flexibility index (Phi) is 11.3. The van der Waals surface area contributed by atoms with Crippen molar-refractivity contribution >= 4 is 5.97 Å². The van der Waals surface area contributed by atoms with E-state index < -0.39 is 53.9 Å². The van der Waals surface area contributed by atoms with Crippen LogP contribution in [0, 0.1) is 11.3 Å². The van der Waals surface area contributed by atoms with Crippen LogP contribution in [0.3, 0.4) is 0 Å². The minimum Gasteiger partial charge on any atom is -0.481 e. The molecule has 0 aliphatic carbocycles. The molecular formula is C21H42O8. The fourth-order valence-corrected chi connectivity index (χ4v) is 4.14. The van der Waals surface area contributed by atoms with E-state index in [2.05, 4.69) is 0 Å². The maximum Gasteiger partial charge on any atom is 0.310 e. The SMILES string of the molecule is CCCC(CC(O)(CC)CO)C(CC(O)(CC)CO)(CC(O)(CC)CO)C(=O)O. The zero-order valence-electron chi connectivity index (χ0n) is 18.4. The Morgan fingerprint density at radius 2 is 1.14 bits per heavy atom. The number of aliphatic carboxylic acids is 1. The third-order valence-electron chi connectivity index (χ3n) is 6.62. The number of carboxylic acids is 1. The Morgan fingerprint density at radius 1 is 0.759 bits per heavy atom. The molecule has 0 aromatic carbocycles. The molecule has 0 rings (SSSR count). The van der Waals surface area contributed by atoms with E-state index in [-0.39, 0.29) is 38.5 Å². The van der Waals surface area contributed by atoms with Crippen molar-refractivity contribution in [2.24, 2.45) is 11.3 Å². The Hall–Kier alpha value is -0.770. The van der Waals surface area contributed by atoms with Gasteiger partial charge in [-0.25, -0.2) is 0 Å². The first-order valence-electron chi connectivity index (χ1n) is 10.6. The molecular weight excluding hydrogens is 380 g/mol. The molecule has 0 spiro atoms. The second-order valence-electron chi connectivity index (χ2n) is 8.71. The van der Waals surface area contributed by atoms with Crippen LogP contribution in [0.4, 0.5) is 0 Å². The zero-order chi connectivity index (χ0) is 22.9. The Bertz CT molecular complexity index is 461. The van der Waals surface area contributed by atoms with Gasteiger partial charge in [-0.3, -0.25) is 4.79 Å². The molecule has 0 aliphatic heterocycles. The van der Waals surface area contributed by atoms with Gasteiger partial charge in [0.25, 0.3) is 0 Å². The predicted octanol–water partition coefficient (Wildman–Crippen LogP) is 1.04. The number of carbonyl (C=O) groups is 1. The average molecular weight is 423 g/mol. The molecule has 8 heteroatoms. The fraction of sp³-hybridized carbons (Fsp3) is 0.952. The Labute approximate surface area is 174 Å². The first-order valence-corrected chi connectivity index (χ1v) is 10.6. The van der Waals surface area contributed by atoms with Crippen LogP contribution in [0.1, 0.15) is 79.1 Å². The van der Waals surface area contributed by atoms with Crippen molar-refractivity contribution in [1.82, 2.24) is 0 Å². The van der Waals surface area contributed by atoms with Crippen LogP contribution in [0.25, 0.3) is 0 Å². The molecule has 0 aromatic heterocycles. The van der Waals surface area contributed by atoms with E-state index in [1.165, 1.54) is 0 Å². The molecule has 0 bridgehead atoms. The molecule has 8 nitrogen and oxygen atoms in total. The number of aliphatic hydroxyl groups excluding tert-OH is 3. The molecule has 7 N–H and O–H groups in total. The highest BCUT2D eigenvalue weighted by Crippen LogP contribution is 2.49. The summed E-state index contributed by atoms with van der Waals surface area (Å²) in [5, 5.41) is 71.9. The molecule has 4 atom stereocenters. The molecule has 0 radical (unpaired) electrons. The van der Waals surface area contributed by atoms with E-state index in [0.717, 1.165) is 0 Å². The normalized spacial score (nSPS) is 21.4. The van der Waals surface area contributed by atoms with Crippen molar-refractivity contribution < 1.29 is 40.5 Å². The number of carboxylic acid groups (broad SMARTS) is 1. The Morgan fingerprint density at radius 3 is 1.38 bits per heavy atom. The van der Waals surface area contributed by atoms with E-state index >= 15 is 0 Å². The minimum atomic E-state index is -1.73. The molecule has 0 heterocycles. The molecule has 174 valence electrons. The number of rotatable bonds is 16. The molecule has 0 fully saturated rings. The summed E-state index contributed by atoms with van der Waals surface area (Å²) in [6.45, 7) is 4.96. The van der Waals surface area contributed by atoms with Crippen LogP contribution in [-0.2, 0) is 4.79 Å². The smallest absolute Gasteiger partial charge is 0.310 e. The quantitative estimate of drug-likeness (QED) is 0.194. The van der Waals surface area contributed by atoms with E-state index in [9.17, 15) is 40.5 Å². The first kappa shape index (κ1) is 28.2. The molecule has 4 unspecified atom stereocenters. The molecule has 0 aliphatic rings. The maximum atomic E-state index is 12.7. The third-order valence-corrected chi connectivity index (χ3v) is 6.62. The lowest BCUT2D eigenvalue weighted by atomic mass is 9.59. The van der Waals surface area contributed by atoms with E-state index in [1.54, 1.807) is 20.8 Å². The summed E-state index contributed by atoms with van der Waals surface area (Å²) in [6, 6.07) is 0. The van der Waals surface area contributed by atoms with Gasteiger partial charge in [-0.05, 0) is 50.9 Å². The Balaban J connectivity index is 6.59. The topological polar surface area (TPSA) is 159 Å². The summed E-state index contributed by atoms with van der Waals surface area (Å²) in [6.07, 6.45) is 0.606. The first-order chi connectivity index (χ1) is 13.4. The van der Waals surface area contributed by atoms with Gasteiger partial charge in [0.15, 0.2) is 0 Å². The maximum absolute atomic E-state index is 12.7. The second-order valence-corrected chi connectivity index (χ2v) is 8.71.